The maximum Gasteiger partial charge on any atom is 0.277 e. The van der Waals surface area contributed by atoms with E-state index in [-0.39, 0.29) is 11.8 Å². The average Bonchev–Trinajstić information content (AvgIpc) is 3.35. The van der Waals surface area contributed by atoms with Crippen LogP contribution >= 0.6 is 11.3 Å². The summed E-state index contributed by atoms with van der Waals surface area (Å²) in [5.41, 5.74) is 2.30. The fourth-order valence-corrected chi connectivity index (χ4v) is 4.40. The summed E-state index contributed by atoms with van der Waals surface area (Å²) in [6.07, 6.45) is 8.52. The third-order valence-electron chi connectivity index (χ3n) is 5.26. The van der Waals surface area contributed by atoms with Crippen molar-refractivity contribution in [2.24, 2.45) is 0 Å². The van der Waals surface area contributed by atoms with E-state index in [1.54, 1.807) is 12.4 Å². The summed E-state index contributed by atoms with van der Waals surface area (Å²) in [5.74, 6) is -0.294. The molecular weight excluding hydrogens is 382 g/mol. The van der Waals surface area contributed by atoms with Crippen molar-refractivity contribution in [2.45, 2.75) is 46.0 Å². The lowest BCUT2D eigenvalue weighted by Gasteiger charge is -2.24. The van der Waals surface area contributed by atoms with Gasteiger partial charge in [-0.15, -0.1) is 11.3 Å². The van der Waals surface area contributed by atoms with Gasteiger partial charge in [-0.1, -0.05) is 32.3 Å². The van der Waals surface area contributed by atoms with Gasteiger partial charge in [-0.3, -0.25) is 19.5 Å². The van der Waals surface area contributed by atoms with E-state index < -0.39 is 0 Å². The van der Waals surface area contributed by atoms with Crippen molar-refractivity contribution in [3.63, 3.8) is 0 Å². The summed E-state index contributed by atoms with van der Waals surface area (Å²) in [6, 6.07) is 7.84. The first kappa shape index (κ1) is 21.2. The van der Waals surface area contributed by atoms with Crippen LogP contribution in [0, 0.1) is 0 Å². The molecule has 2 aromatic rings. The molecule has 2 amide bonds. The van der Waals surface area contributed by atoms with E-state index in [0.717, 1.165) is 37.0 Å². The molecule has 29 heavy (non-hydrogen) atoms. The van der Waals surface area contributed by atoms with Gasteiger partial charge in [0.1, 0.15) is 5.70 Å². The molecule has 0 N–H and O–H groups in total. The van der Waals surface area contributed by atoms with Gasteiger partial charge in [0.15, 0.2) is 0 Å². The lowest BCUT2D eigenvalue weighted by Crippen LogP contribution is -2.36. The number of pyridine rings is 1. The van der Waals surface area contributed by atoms with Crippen LogP contribution in [-0.2, 0) is 16.0 Å². The second-order valence-electron chi connectivity index (χ2n) is 7.21. The van der Waals surface area contributed by atoms with E-state index in [9.17, 15) is 9.59 Å². The van der Waals surface area contributed by atoms with Gasteiger partial charge in [-0.25, -0.2) is 0 Å². The molecule has 0 saturated heterocycles. The maximum atomic E-state index is 13.3. The van der Waals surface area contributed by atoms with Gasteiger partial charge < -0.3 is 4.90 Å². The van der Waals surface area contributed by atoms with Crippen LogP contribution in [0.15, 0.2) is 47.7 Å². The molecule has 0 saturated carbocycles. The van der Waals surface area contributed by atoms with Crippen molar-refractivity contribution in [1.29, 1.82) is 0 Å². The molecule has 1 aliphatic heterocycles. The summed E-state index contributed by atoms with van der Waals surface area (Å²) >= 11 is 1.51. The minimum absolute atomic E-state index is 0.147. The highest BCUT2D eigenvalue weighted by molar-refractivity contribution is 7.11. The number of nitrogens with zero attached hydrogens (tertiary/aromatic N) is 3. The number of unbranched alkanes of at least 4 members (excludes halogenated alkanes) is 3. The molecule has 0 radical (unpaired) electrons. The number of imide groups is 1. The fourth-order valence-electron chi connectivity index (χ4n) is 3.64. The molecule has 3 heterocycles. The quantitative estimate of drug-likeness (QED) is 0.407. The Morgan fingerprint density at radius 2 is 1.83 bits per heavy atom. The Bertz CT molecular complexity index is 846. The van der Waals surface area contributed by atoms with Crippen LogP contribution in [0.4, 0.5) is 0 Å². The molecule has 154 valence electrons. The van der Waals surface area contributed by atoms with Crippen molar-refractivity contribution in [2.75, 3.05) is 19.6 Å². The smallest absolute Gasteiger partial charge is 0.277 e. The number of thiophene rings is 1. The monoisotopic (exact) mass is 411 g/mol. The van der Waals surface area contributed by atoms with Gasteiger partial charge in [0, 0.05) is 36.9 Å². The molecule has 5 nitrogen and oxygen atoms in total. The molecule has 6 heteroatoms. The number of hydrogen-bond acceptors (Lipinski definition) is 5. The van der Waals surface area contributed by atoms with Gasteiger partial charge in [-0.05, 0) is 48.9 Å². The van der Waals surface area contributed by atoms with Crippen molar-refractivity contribution < 1.29 is 9.59 Å². The molecule has 0 unspecified atom stereocenters. The molecule has 1 aliphatic rings. The van der Waals surface area contributed by atoms with Gasteiger partial charge in [-0.2, -0.15) is 0 Å². The third-order valence-corrected chi connectivity index (χ3v) is 6.15. The zero-order valence-electron chi connectivity index (χ0n) is 17.3. The van der Waals surface area contributed by atoms with Crippen molar-refractivity contribution in [3.05, 3.63) is 58.2 Å². The van der Waals surface area contributed by atoms with E-state index in [0.29, 0.717) is 30.9 Å². The Morgan fingerprint density at radius 3 is 2.48 bits per heavy atom. The van der Waals surface area contributed by atoms with E-state index in [4.69, 9.17) is 0 Å². The molecule has 0 aromatic carbocycles. The van der Waals surface area contributed by atoms with Crippen molar-refractivity contribution in [3.8, 4) is 0 Å². The fraction of sp³-hybridized carbons (Fsp3) is 0.435. The number of likely N-dealkylation sites (N-methyl/N-ethyl adjacent to an activating group) is 1. The van der Waals surface area contributed by atoms with Gasteiger partial charge >= 0.3 is 0 Å². The Balaban J connectivity index is 1.84. The molecule has 0 aliphatic carbocycles. The summed E-state index contributed by atoms with van der Waals surface area (Å²) in [4.78, 5) is 34.9. The molecule has 0 fully saturated rings. The molecule has 0 bridgehead atoms. The summed E-state index contributed by atoms with van der Waals surface area (Å²) in [7, 11) is 0. The topological polar surface area (TPSA) is 53.5 Å². The highest BCUT2D eigenvalue weighted by Gasteiger charge is 2.41. The highest BCUT2D eigenvalue weighted by Crippen LogP contribution is 2.34. The molecule has 2 aromatic heterocycles. The number of aromatic nitrogens is 1. The Hall–Kier alpha value is -2.47. The van der Waals surface area contributed by atoms with Crippen LogP contribution in [0.5, 0.6) is 0 Å². The number of carbonyl (C=O) groups excluding carboxylic acids is 2. The van der Waals surface area contributed by atoms with Gasteiger partial charge in [0.25, 0.3) is 11.8 Å². The van der Waals surface area contributed by atoms with Crippen LogP contribution in [-0.4, -0.2) is 46.2 Å². The number of hydrogen-bond donors (Lipinski definition) is 0. The standard InChI is InChI=1S/C23H29N3O2S/c1-3-5-6-7-15-26-22(27)20(19-9-8-17-29-19)21(23(26)28)25(4-2)16-12-18-10-13-24-14-11-18/h8-11,13-14,17H,3-7,12,15-16H2,1-2H3. The zero-order valence-corrected chi connectivity index (χ0v) is 18.1. The lowest BCUT2D eigenvalue weighted by atomic mass is 10.1. The van der Waals surface area contributed by atoms with Crippen LogP contribution in [0.3, 0.4) is 0 Å². The SMILES string of the molecule is CCCCCCN1C(=O)C(c2cccs2)=C(N(CC)CCc2ccncc2)C1=O. The first-order chi connectivity index (χ1) is 14.2. The van der Waals surface area contributed by atoms with Crippen LogP contribution in [0.1, 0.15) is 50.0 Å². The third kappa shape index (κ3) is 4.93. The summed E-state index contributed by atoms with van der Waals surface area (Å²) in [5, 5.41) is 1.95. The number of rotatable bonds is 11. The normalized spacial score (nSPS) is 14.2. The minimum atomic E-state index is -0.147. The van der Waals surface area contributed by atoms with Crippen LogP contribution < -0.4 is 0 Å². The van der Waals surface area contributed by atoms with Crippen molar-refractivity contribution in [1.82, 2.24) is 14.8 Å². The maximum absolute atomic E-state index is 13.3. The van der Waals surface area contributed by atoms with Crippen LogP contribution in [0.2, 0.25) is 0 Å². The minimum Gasteiger partial charge on any atom is -0.366 e. The second kappa shape index (κ2) is 10.3. The van der Waals surface area contributed by atoms with Gasteiger partial charge in [0.2, 0.25) is 0 Å². The Labute approximate surface area is 177 Å². The molecule has 3 rings (SSSR count). The Kier molecular flexibility index (Phi) is 7.58. The molecule has 0 atom stereocenters. The average molecular weight is 412 g/mol. The second-order valence-corrected chi connectivity index (χ2v) is 8.16. The predicted molar refractivity (Wildman–Crippen MR) is 117 cm³/mol. The first-order valence-electron chi connectivity index (χ1n) is 10.5. The van der Waals surface area contributed by atoms with Crippen molar-refractivity contribution >= 4 is 28.7 Å². The first-order valence-corrected chi connectivity index (χ1v) is 11.3. The predicted octanol–water partition coefficient (Wildman–Crippen LogP) is 4.37. The molecular formula is C23H29N3O2S. The zero-order chi connectivity index (χ0) is 20.6. The number of carbonyl (C=O) groups is 2. The van der Waals surface area contributed by atoms with E-state index >= 15 is 0 Å². The van der Waals surface area contributed by atoms with E-state index in [2.05, 4.69) is 16.8 Å². The molecule has 0 spiro atoms. The largest absolute Gasteiger partial charge is 0.366 e. The highest BCUT2D eigenvalue weighted by atomic mass is 32.1. The van der Waals surface area contributed by atoms with Gasteiger partial charge in [0.05, 0.1) is 5.57 Å². The summed E-state index contributed by atoms with van der Waals surface area (Å²) < 4.78 is 0. The van der Waals surface area contributed by atoms with Crippen LogP contribution in [0.25, 0.3) is 5.57 Å². The Morgan fingerprint density at radius 1 is 1.03 bits per heavy atom. The summed E-state index contributed by atoms with van der Waals surface area (Å²) in [6.45, 7) is 6.05. The van der Waals surface area contributed by atoms with E-state index in [1.807, 2.05) is 36.6 Å². The number of amides is 2. The lowest BCUT2D eigenvalue weighted by molar-refractivity contribution is -0.137. The van der Waals surface area contributed by atoms with E-state index in [1.165, 1.54) is 21.8 Å².